The zero-order valence-corrected chi connectivity index (χ0v) is 9.76. The van der Waals surface area contributed by atoms with E-state index in [2.05, 4.69) is 0 Å². The summed E-state index contributed by atoms with van der Waals surface area (Å²) in [6, 6.07) is 0. The van der Waals surface area contributed by atoms with Crippen molar-refractivity contribution in [3.05, 3.63) is 0 Å². The molecule has 1 saturated carbocycles. The number of carbonyl (C=O) groups excluding carboxylic acids is 1. The molecule has 2 fully saturated rings. The summed E-state index contributed by atoms with van der Waals surface area (Å²) in [7, 11) is -2.81. The molecule has 0 aromatic heterocycles. The summed E-state index contributed by atoms with van der Waals surface area (Å²) < 4.78 is 22.4. The number of sulfone groups is 1. The molecule has 4 heteroatoms. The van der Waals surface area contributed by atoms with Crippen LogP contribution in [0.2, 0.25) is 0 Å². The lowest BCUT2D eigenvalue weighted by atomic mass is 9.99. The zero-order chi connectivity index (χ0) is 10.9. The second-order valence-electron chi connectivity index (χ2n) is 4.99. The van der Waals surface area contributed by atoms with E-state index in [1.807, 2.05) is 0 Å². The van der Waals surface area contributed by atoms with E-state index >= 15 is 0 Å². The first-order valence-electron chi connectivity index (χ1n) is 5.77. The van der Waals surface area contributed by atoms with Crippen LogP contribution in [0.1, 0.15) is 38.5 Å². The van der Waals surface area contributed by atoms with E-state index < -0.39 is 9.84 Å². The lowest BCUT2D eigenvalue weighted by molar-refractivity contribution is -0.120. The highest BCUT2D eigenvalue weighted by molar-refractivity contribution is 7.91. The normalized spacial score (nSPS) is 29.2. The molecule has 0 N–H and O–H groups in total. The Morgan fingerprint density at radius 3 is 2.40 bits per heavy atom. The number of hydrogen-bond acceptors (Lipinski definition) is 3. The highest BCUT2D eigenvalue weighted by Gasteiger charge is 2.29. The van der Waals surface area contributed by atoms with Crippen LogP contribution in [0.3, 0.4) is 0 Å². The van der Waals surface area contributed by atoms with E-state index in [1.165, 1.54) is 12.8 Å². The molecule has 0 amide bonds. The van der Waals surface area contributed by atoms with Crippen molar-refractivity contribution in [2.45, 2.75) is 38.5 Å². The molecule has 1 unspecified atom stereocenters. The minimum absolute atomic E-state index is 0.113. The van der Waals surface area contributed by atoms with Gasteiger partial charge in [0.15, 0.2) is 9.84 Å². The average molecular weight is 230 g/mol. The molecule has 86 valence electrons. The molecule has 0 aromatic rings. The van der Waals surface area contributed by atoms with Crippen molar-refractivity contribution < 1.29 is 13.2 Å². The lowest BCUT2D eigenvalue weighted by Gasteiger charge is -2.05. The quantitative estimate of drug-likeness (QED) is 0.720. The van der Waals surface area contributed by atoms with Crippen molar-refractivity contribution in [2.24, 2.45) is 11.8 Å². The maximum absolute atomic E-state index is 11.5. The second-order valence-corrected chi connectivity index (χ2v) is 7.22. The maximum Gasteiger partial charge on any atom is 0.150 e. The van der Waals surface area contributed by atoms with Gasteiger partial charge in [0.2, 0.25) is 0 Å². The van der Waals surface area contributed by atoms with Gasteiger partial charge in [0.25, 0.3) is 0 Å². The fourth-order valence-corrected chi connectivity index (χ4v) is 4.09. The van der Waals surface area contributed by atoms with Crippen LogP contribution in [-0.2, 0) is 14.6 Å². The predicted octanol–water partition coefficient (Wildman–Crippen LogP) is 1.57. The molecule has 1 heterocycles. The lowest BCUT2D eigenvalue weighted by Crippen LogP contribution is -2.10. The zero-order valence-electron chi connectivity index (χ0n) is 8.94. The number of Topliss-reactive ketones (excluding diaryl/α,β-unsaturated/α-hetero) is 1. The van der Waals surface area contributed by atoms with Crippen molar-refractivity contribution in [3.8, 4) is 0 Å². The van der Waals surface area contributed by atoms with E-state index in [0.29, 0.717) is 19.3 Å². The first kappa shape index (κ1) is 11.1. The Bertz CT molecular complexity index is 341. The summed E-state index contributed by atoms with van der Waals surface area (Å²) in [4.78, 5) is 11.5. The van der Waals surface area contributed by atoms with Crippen LogP contribution in [0.4, 0.5) is 0 Å². The van der Waals surface area contributed by atoms with Gasteiger partial charge >= 0.3 is 0 Å². The van der Waals surface area contributed by atoms with Crippen molar-refractivity contribution in [2.75, 3.05) is 11.5 Å². The van der Waals surface area contributed by atoms with E-state index in [4.69, 9.17) is 0 Å². The average Bonchev–Trinajstić information content (AvgIpc) is 2.89. The van der Waals surface area contributed by atoms with Crippen molar-refractivity contribution in [1.82, 2.24) is 0 Å². The van der Waals surface area contributed by atoms with Crippen molar-refractivity contribution in [1.29, 1.82) is 0 Å². The molecule has 0 aromatic carbocycles. The fraction of sp³-hybridized carbons (Fsp3) is 0.909. The minimum atomic E-state index is -2.81. The van der Waals surface area contributed by atoms with Crippen LogP contribution in [0.5, 0.6) is 0 Å². The monoisotopic (exact) mass is 230 g/mol. The topological polar surface area (TPSA) is 51.2 Å². The Morgan fingerprint density at radius 2 is 1.87 bits per heavy atom. The van der Waals surface area contributed by atoms with Crippen molar-refractivity contribution >= 4 is 15.6 Å². The van der Waals surface area contributed by atoms with Gasteiger partial charge in [0.05, 0.1) is 11.5 Å². The first-order chi connectivity index (χ1) is 7.05. The minimum Gasteiger partial charge on any atom is -0.300 e. The summed E-state index contributed by atoms with van der Waals surface area (Å²) in [5, 5.41) is 0. The summed E-state index contributed by atoms with van der Waals surface area (Å²) in [5.74, 6) is 1.70. The van der Waals surface area contributed by atoms with Crippen LogP contribution in [0.25, 0.3) is 0 Å². The van der Waals surface area contributed by atoms with Gasteiger partial charge < -0.3 is 0 Å². The Morgan fingerprint density at radius 1 is 1.13 bits per heavy atom. The third-order valence-corrected chi connectivity index (χ3v) is 5.21. The van der Waals surface area contributed by atoms with Gasteiger partial charge in [-0.05, 0) is 24.7 Å². The van der Waals surface area contributed by atoms with E-state index in [-0.39, 0.29) is 23.2 Å². The predicted molar refractivity (Wildman–Crippen MR) is 58.3 cm³/mol. The van der Waals surface area contributed by atoms with E-state index in [0.717, 1.165) is 12.3 Å². The molecule has 2 aliphatic rings. The smallest absolute Gasteiger partial charge is 0.150 e. The number of ketones is 1. The molecular formula is C11H18O3S. The van der Waals surface area contributed by atoms with Crippen LogP contribution in [-0.4, -0.2) is 25.7 Å². The van der Waals surface area contributed by atoms with Gasteiger partial charge in [-0.1, -0.05) is 12.8 Å². The maximum atomic E-state index is 11.5. The number of carbonyl (C=O) groups is 1. The number of rotatable bonds is 5. The van der Waals surface area contributed by atoms with Gasteiger partial charge in [-0.3, -0.25) is 4.79 Å². The van der Waals surface area contributed by atoms with E-state index in [9.17, 15) is 13.2 Å². The number of hydrogen-bond donors (Lipinski definition) is 0. The molecule has 0 radical (unpaired) electrons. The van der Waals surface area contributed by atoms with Crippen LogP contribution < -0.4 is 0 Å². The second kappa shape index (κ2) is 4.24. The Hall–Kier alpha value is -0.380. The van der Waals surface area contributed by atoms with Gasteiger partial charge in [0.1, 0.15) is 5.78 Å². The summed E-state index contributed by atoms with van der Waals surface area (Å²) in [6.07, 6.45) is 5.44. The largest absolute Gasteiger partial charge is 0.300 e. The van der Waals surface area contributed by atoms with Gasteiger partial charge in [-0.2, -0.15) is 0 Å². The highest BCUT2D eigenvalue weighted by Crippen LogP contribution is 2.34. The molecule has 0 spiro atoms. The Kier molecular flexibility index (Phi) is 3.14. The standard InChI is InChI=1S/C11H18O3S/c12-11(4-3-9-1-2-9)7-10-5-6-15(13,14)8-10/h9-10H,1-8H2. The Balaban J connectivity index is 1.69. The SMILES string of the molecule is O=C(CCC1CC1)CC1CCS(=O)(=O)C1. The molecule has 1 aliphatic carbocycles. The van der Waals surface area contributed by atoms with E-state index in [1.54, 1.807) is 0 Å². The third-order valence-electron chi connectivity index (χ3n) is 3.37. The summed E-state index contributed by atoms with van der Waals surface area (Å²) in [6.45, 7) is 0. The van der Waals surface area contributed by atoms with Crippen LogP contribution in [0, 0.1) is 11.8 Å². The van der Waals surface area contributed by atoms with Crippen molar-refractivity contribution in [3.63, 3.8) is 0 Å². The van der Waals surface area contributed by atoms with Crippen LogP contribution >= 0.6 is 0 Å². The molecular weight excluding hydrogens is 212 g/mol. The van der Waals surface area contributed by atoms with Crippen LogP contribution in [0.15, 0.2) is 0 Å². The fourth-order valence-electron chi connectivity index (χ4n) is 2.23. The molecule has 15 heavy (non-hydrogen) atoms. The highest BCUT2D eigenvalue weighted by atomic mass is 32.2. The molecule has 0 bridgehead atoms. The third kappa shape index (κ3) is 3.59. The molecule has 2 rings (SSSR count). The van der Waals surface area contributed by atoms with Gasteiger partial charge in [-0.25, -0.2) is 8.42 Å². The molecule has 1 atom stereocenters. The Labute approximate surface area is 91.2 Å². The molecule has 3 nitrogen and oxygen atoms in total. The summed E-state index contributed by atoms with van der Waals surface area (Å²) in [5.41, 5.74) is 0. The first-order valence-corrected chi connectivity index (χ1v) is 7.59. The summed E-state index contributed by atoms with van der Waals surface area (Å²) >= 11 is 0. The molecule has 1 saturated heterocycles. The molecule has 1 aliphatic heterocycles. The van der Waals surface area contributed by atoms with Gasteiger partial charge in [-0.15, -0.1) is 0 Å². The van der Waals surface area contributed by atoms with Gasteiger partial charge in [0, 0.05) is 12.8 Å².